The van der Waals surface area contributed by atoms with Crippen molar-refractivity contribution in [2.24, 2.45) is 5.73 Å². The lowest BCUT2D eigenvalue weighted by Gasteiger charge is -2.19. The van der Waals surface area contributed by atoms with Crippen LogP contribution in [0, 0.1) is 0 Å². The Morgan fingerprint density at radius 3 is 2.17 bits per heavy atom. The highest BCUT2D eigenvalue weighted by Gasteiger charge is 2.36. The van der Waals surface area contributed by atoms with E-state index >= 15 is 0 Å². The lowest BCUT2D eigenvalue weighted by molar-refractivity contribution is -0.147. The number of benzene rings is 1. The molecule has 1 aromatic carbocycles. The summed E-state index contributed by atoms with van der Waals surface area (Å²) in [4.78, 5) is 2.24. The zero-order valence-corrected chi connectivity index (χ0v) is 10.1. The van der Waals surface area contributed by atoms with Crippen LogP contribution in [0.15, 0.2) is 24.3 Å². The third kappa shape index (κ3) is 3.16. The minimum Gasteiger partial charge on any atom is -0.372 e. The van der Waals surface area contributed by atoms with E-state index in [1.165, 1.54) is 12.8 Å². The van der Waals surface area contributed by atoms with Gasteiger partial charge in [-0.2, -0.15) is 13.2 Å². The Labute approximate surface area is 105 Å². The molecule has 1 heterocycles. The van der Waals surface area contributed by atoms with E-state index in [1.807, 2.05) is 12.1 Å². The van der Waals surface area contributed by atoms with Gasteiger partial charge in [0.05, 0.1) is 0 Å². The first kappa shape index (κ1) is 13.2. The highest BCUT2D eigenvalue weighted by atomic mass is 19.4. The summed E-state index contributed by atoms with van der Waals surface area (Å²) in [5.41, 5.74) is 6.82. The van der Waals surface area contributed by atoms with E-state index in [1.54, 1.807) is 12.1 Å². The highest BCUT2D eigenvalue weighted by molar-refractivity contribution is 5.48. The summed E-state index contributed by atoms with van der Waals surface area (Å²) in [5.74, 6) is 0. The lowest BCUT2D eigenvalue weighted by Crippen LogP contribution is -2.39. The molecule has 1 fully saturated rings. The van der Waals surface area contributed by atoms with Crippen LogP contribution < -0.4 is 10.6 Å². The molecule has 1 unspecified atom stereocenters. The summed E-state index contributed by atoms with van der Waals surface area (Å²) in [6.45, 7) is 2.06. The van der Waals surface area contributed by atoms with Crippen LogP contribution >= 0.6 is 0 Å². The van der Waals surface area contributed by atoms with Gasteiger partial charge >= 0.3 is 6.18 Å². The molecule has 18 heavy (non-hydrogen) atoms. The Kier molecular flexibility index (Phi) is 3.80. The standard InChI is InChI=1S/C13H17F3N2/c14-13(15,16)12(17)9-10-3-5-11(6-4-10)18-7-1-2-8-18/h3-6,12H,1-2,7-9,17H2. The van der Waals surface area contributed by atoms with Gasteiger partial charge < -0.3 is 10.6 Å². The average Bonchev–Trinajstić information content (AvgIpc) is 2.82. The molecule has 0 aliphatic carbocycles. The molecule has 0 radical (unpaired) electrons. The van der Waals surface area contributed by atoms with Crippen LogP contribution in [0.5, 0.6) is 0 Å². The van der Waals surface area contributed by atoms with Crippen molar-refractivity contribution in [3.63, 3.8) is 0 Å². The van der Waals surface area contributed by atoms with Crippen molar-refractivity contribution >= 4 is 5.69 Å². The second-order valence-corrected chi connectivity index (χ2v) is 4.71. The number of nitrogens with zero attached hydrogens (tertiary/aromatic N) is 1. The first-order chi connectivity index (χ1) is 8.47. The minimum atomic E-state index is -4.33. The Bertz CT molecular complexity index is 380. The van der Waals surface area contributed by atoms with Gasteiger partial charge in [-0.1, -0.05) is 12.1 Å². The number of hydrogen-bond donors (Lipinski definition) is 1. The molecule has 1 aliphatic heterocycles. The normalized spacial score (nSPS) is 18.1. The number of hydrogen-bond acceptors (Lipinski definition) is 2. The van der Waals surface area contributed by atoms with Gasteiger partial charge in [0.25, 0.3) is 0 Å². The van der Waals surface area contributed by atoms with E-state index < -0.39 is 12.2 Å². The predicted molar refractivity (Wildman–Crippen MR) is 65.6 cm³/mol. The molecule has 2 nitrogen and oxygen atoms in total. The highest BCUT2D eigenvalue weighted by Crippen LogP contribution is 2.24. The number of alkyl halides is 3. The predicted octanol–water partition coefficient (Wildman–Crippen LogP) is 2.72. The third-order valence-electron chi connectivity index (χ3n) is 3.28. The summed E-state index contributed by atoms with van der Waals surface area (Å²) in [6, 6.07) is 5.45. The van der Waals surface area contributed by atoms with E-state index in [2.05, 4.69) is 4.90 Å². The van der Waals surface area contributed by atoms with Crippen LogP contribution in [-0.4, -0.2) is 25.3 Å². The molecule has 100 valence electrons. The zero-order valence-electron chi connectivity index (χ0n) is 10.1. The van der Waals surface area contributed by atoms with Gasteiger partial charge in [0.1, 0.15) is 6.04 Å². The molecular weight excluding hydrogens is 241 g/mol. The average molecular weight is 258 g/mol. The second kappa shape index (κ2) is 5.18. The minimum absolute atomic E-state index is 0.163. The fourth-order valence-electron chi connectivity index (χ4n) is 2.19. The molecule has 1 atom stereocenters. The van der Waals surface area contributed by atoms with Crippen LogP contribution in [0.25, 0.3) is 0 Å². The van der Waals surface area contributed by atoms with Crippen LogP contribution in [0.2, 0.25) is 0 Å². The Hall–Kier alpha value is -1.23. The molecular formula is C13H17F3N2. The van der Waals surface area contributed by atoms with Gasteiger partial charge in [0, 0.05) is 18.8 Å². The summed E-state index contributed by atoms with van der Waals surface area (Å²) in [6.07, 6.45) is -2.13. The molecule has 5 heteroatoms. The van der Waals surface area contributed by atoms with Crippen LogP contribution in [0.4, 0.5) is 18.9 Å². The number of nitrogens with two attached hydrogens (primary N) is 1. The summed E-state index contributed by atoms with van der Waals surface area (Å²) in [5, 5.41) is 0. The first-order valence-electron chi connectivity index (χ1n) is 6.13. The van der Waals surface area contributed by atoms with E-state index in [4.69, 9.17) is 5.73 Å². The Morgan fingerprint density at radius 1 is 1.11 bits per heavy atom. The molecule has 0 spiro atoms. The van der Waals surface area contributed by atoms with Gasteiger partial charge in [0.15, 0.2) is 0 Å². The van der Waals surface area contributed by atoms with Crippen molar-refractivity contribution in [3.05, 3.63) is 29.8 Å². The van der Waals surface area contributed by atoms with Gasteiger partial charge in [0.2, 0.25) is 0 Å². The third-order valence-corrected chi connectivity index (χ3v) is 3.28. The topological polar surface area (TPSA) is 29.3 Å². The van der Waals surface area contributed by atoms with Crippen LogP contribution in [-0.2, 0) is 6.42 Å². The number of anilines is 1. The first-order valence-corrected chi connectivity index (χ1v) is 6.13. The maximum atomic E-state index is 12.3. The number of rotatable bonds is 3. The molecule has 0 aromatic heterocycles. The molecule has 1 aromatic rings. The molecule has 0 amide bonds. The molecule has 2 rings (SSSR count). The van der Waals surface area contributed by atoms with Crippen molar-refractivity contribution in [2.75, 3.05) is 18.0 Å². The Morgan fingerprint density at radius 2 is 1.67 bits per heavy atom. The van der Waals surface area contributed by atoms with E-state index in [9.17, 15) is 13.2 Å². The lowest BCUT2D eigenvalue weighted by atomic mass is 10.1. The maximum absolute atomic E-state index is 12.3. The fraction of sp³-hybridized carbons (Fsp3) is 0.538. The van der Waals surface area contributed by atoms with E-state index in [0.717, 1.165) is 18.8 Å². The van der Waals surface area contributed by atoms with Gasteiger partial charge in [-0.15, -0.1) is 0 Å². The molecule has 2 N–H and O–H groups in total. The molecule has 0 saturated carbocycles. The van der Waals surface area contributed by atoms with E-state index in [0.29, 0.717) is 5.56 Å². The summed E-state index contributed by atoms with van der Waals surface area (Å²) < 4.78 is 37.0. The largest absolute Gasteiger partial charge is 0.403 e. The Balaban J connectivity index is 1.99. The quantitative estimate of drug-likeness (QED) is 0.903. The van der Waals surface area contributed by atoms with Crippen molar-refractivity contribution in [1.82, 2.24) is 0 Å². The molecule has 1 saturated heterocycles. The molecule has 0 bridgehead atoms. The smallest absolute Gasteiger partial charge is 0.372 e. The van der Waals surface area contributed by atoms with E-state index in [-0.39, 0.29) is 6.42 Å². The van der Waals surface area contributed by atoms with Crippen LogP contribution in [0.1, 0.15) is 18.4 Å². The van der Waals surface area contributed by atoms with Gasteiger partial charge in [-0.25, -0.2) is 0 Å². The second-order valence-electron chi connectivity index (χ2n) is 4.71. The molecule has 1 aliphatic rings. The summed E-state index contributed by atoms with van der Waals surface area (Å²) in [7, 11) is 0. The van der Waals surface area contributed by atoms with Crippen molar-refractivity contribution in [1.29, 1.82) is 0 Å². The van der Waals surface area contributed by atoms with Crippen molar-refractivity contribution in [3.8, 4) is 0 Å². The van der Waals surface area contributed by atoms with Crippen molar-refractivity contribution < 1.29 is 13.2 Å². The monoisotopic (exact) mass is 258 g/mol. The number of halogens is 3. The van der Waals surface area contributed by atoms with Crippen molar-refractivity contribution in [2.45, 2.75) is 31.5 Å². The zero-order chi connectivity index (χ0) is 13.2. The SMILES string of the molecule is NC(Cc1ccc(N2CCCC2)cc1)C(F)(F)F. The van der Waals surface area contributed by atoms with Gasteiger partial charge in [-0.3, -0.25) is 0 Å². The van der Waals surface area contributed by atoms with Crippen LogP contribution in [0.3, 0.4) is 0 Å². The maximum Gasteiger partial charge on any atom is 0.403 e. The summed E-state index contributed by atoms with van der Waals surface area (Å²) >= 11 is 0. The fourth-order valence-corrected chi connectivity index (χ4v) is 2.19. The van der Waals surface area contributed by atoms with Gasteiger partial charge in [-0.05, 0) is 37.0 Å².